The topological polar surface area (TPSA) is 37.8 Å². The molecule has 1 fully saturated rings. The minimum absolute atomic E-state index is 0.579. The number of hydrogen-bond acceptors (Lipinski definition) is 4. The Hall–Kier alpha value is -1.16. The Balaban J connectivity index is 1.74. The molecule has 1 N–H and O–H groups in total. The normalized spacial score (nSPS) is 22.6. The summed E-state index contributed by atoms with van der Waals surface area (Å²) in [6, 6.07) is 0.579. The number of nitrogens with one attached hydrogen (secondary N) is 1. The molecule has 2 heterocycles. The van der Waals surface area contributed by atoms with Crippen molar-refractivity contribution >= 4 is 27.4 Å². The second-order valence-electron chi connectivity index (χ2n) is 6.34. The number of thiophene rings is 1. The number of fused-ring (bicyclic) bond motifs is 1. The molecule has 2 aromatic heterocycles. The van der Waals surface area contributed by atoms with Crippen molar-refractivity contribution in [3.63, 3.8) is 0 Å². The van der Waals surface area contributed by atoms with Gasteiger partial charge in [-0.25, -0.2) is 9.97 Å². The van der Waals surface area contributed by atoms with Gasteiger partial charge < -0.3 is 5.32 Å². The van der Waals surface area contributed by atoms with Crippen molar-refractivity contribution in [2.45, 2.75) is 65.3 Å². The molecule has 0 aromatic carbocycles. The average molecular weight is 303 g/mol. The molecule has 1 aliphatic carbocycles. The number of rotatable bonds is 4. The summed E-state index contributed by atoms with van der Waals surface area (Å²) in [7, 11) is 0. The monoisotopic (exact) mass is 303 g/mol. The summed E-state index contributed by atoms with van der Waals surface area (Å²) < 4.78 is 0. The Morgan fingerprint density at radius 3 is 2.67 bits per heavy atom. The van der Waals surface area contributed by atoms with Crippen LogP contribution in [0.4, 0.5) is 5.82 Å². The van der Waals surface area contributed by atoms with E-state index in [0.29, 0.717) is 6.04 Å². The molecule has 0 atom stereocenters. The third kappa shape index (κ3) is 3.05. The van der Waals surface area contributed by atoms with Gasteiger partial charge in [0.25, 0.3) is 0 Å². The average Bonchev–Trinajstić information content (AvgIpc) is 2.78. The zero-order valence-electron chi connectivity index (χ0n) is 13.3. The number of aryl methyl sites for hydroxylation is 2. The van der Waals surface area contributed by atoms with E-state index in [-0.39, 0.29) is 0 Å². The highest BCUT2D eigenvalue weighted by atomic mass is 32.1. The molecular weight excluding hydrogens is 278 g/mol. The Kier molecular flexibility index (Phi) is 4.43. The number of nitrogens with zero attached hydrogens (tertiary/aromatic N) is 2. The SMILES string of the molecule is CCCC1CCC(Nc2ncnc3sc(C)c(C)c23)CC1. The molecule has 3 nitrogen and oxygen atoms in total. The Labute approximate surface area is 131 Å². The van der Waals surface area contributed by atoms with Gasteiger partial charge in [0, 0.05) is 10.9 Å². The van der Waals surface area contributed by atoms with Gasteiger partial charge in [-0.2, -0.15) is 0 Å². The van der Waals surface area contributed by atoms with E-state index in [9.17, 15) is 0 Å². The number of hydrogen-bond donors (Lipinski definition) is 1. The highest BCUT2D eigenvalue weighted by Gasteiger charge is 2.22. The Morgan fingerprint density at radius 2 is 1.95 bits per heavy atom. The summed E-state index contributed by atoms with van der Waals surface area (Å²) in [5, 5.41) is 4.93. The first kappa shape index (κ1) is 14.8. The molecule has 0 aliphatic heterocycles. The maximum Gasteiger partial charge on any atom is 0.138 e. The lowest BCUT2D eigenvalue weighted by Gasteiger charge is -2.29. The lowest BCUT2D eigenvalue weighted by molar-refractivity contribution is 0.318. The van der Waals surface area contributed by atoms with Gasteiger partial charge in [0.15, 0.2) is 0 Å². The second-order valence-corrected chi connectivity index (χ2v) is 7.54. The van der Waals surface area contributed by atoms with Crippen molar-refractivity contribution in [3.8, 4) is 0 Å². The molecule has 0 saturated heterocycles. The van der Waals surface area contributed by atoms with Crippen LogP contribution in [0, 0.1) is 19.8 Å². The van der Waals surface area contributed by atoms with Gasteiger partial charge in [-0.05, 0) is 51.0 Å². The lowest BCUT2D eigenvalue weighted by atomic mass is 9.83. The van der Waals surface area contributed by atoms with Crippen LogP contribution >= 0.6 is 11.3 Å². The van der Waals surface area contributed by atoms with Crippen molar-refractivity contribution in [2.24, 2.45) is 5.92 Å². The first-order valence-electron chi connectivity index (χ1n) is 8.16. The summed E-state index contributed by atoms with van der Waals surface area (Å²) in [4.78, 5) is 11.4. The molecule has 114 valence electrons. The summed E-state index contributed by atoms with van der Waals surface area (Å²) in [5.41, 5.74) is 1.33. The van der Waals surface area contributed by atoms with Crippen molar-refractivity contribution in [1.82, 2.24) is 9.97 Å². The minimum atomic E-state index is 0.579. The molecule has 1 aliphatic rings. The maximum absolute atomic E-state index is 4.51. The van der Waals surface area contributed by atoms with Crippen LogP contribution in [0.2, 0.25) is 0 Å². The third-order valence-corrected chi connectivity index (χ3v) is 5.97. The van der Waals surface area contributed by atoms with E-state index in [1.54, 1.807) is 17.7 Å². The maximum atomic E-state index is 4.51. The lowest BCUT2D eigenvalue weighted by Crippen LogP contribution is -2.26. The smallest absolute Gasteiger partial charge is 0.138 e. The predicted octanol–water partition coefficient (Wildman–Crippen LogP) is 5.08. The van der Waals surface area contributed by atoms with E-state index in [0.717, 1.165) is 16.6 Å². The van der Waals surface area contributed by atoms with Crippen molar-refractivity contribution < 1.29 is 0 Å². The Bertz CT molecular complexity index is 612. The molecule has 0 unspecified atom stereocenters. The van der Waals surface area contributed by atoms with Crippen molar-refractivity contribution in [2.75, 3.05) is 5.32 Å². The fraction of sp³-hybridized carbons (Fsp3) is 0.647. The van der Waals surface area contributed by atoms with E-state index in [4.69, 9.17) is 0 Å². The highest BCUT2D eigenvalue weighted by molar-refractivity contribution is 7.18. The number of anilines is 1. The van der Waals surface area contributed by atoms with E-state index in [1.165, 1.54) is 54.4 Å². The first-order chi connectivity index (χ1) is 10.2. The van der Waals surface area contributed by atoms with E-state index in [1.807, 2.05) is 0 Å². The van der Waals surface area contributed by atoms with Crippen molar-refractivity contribution in [3.05, 3.63) is 16.8 Å². The van der Waals surface area contributed by atoms with Crippen molar-refractivity contribution in [1.29, 1.82) is 0 Å². The molecule has 0 bridgehead atoms. The van der Waals surface area contributed by atoms with Crippen LogP contribution in [0.3, 0.4) is 0 Å². The zero-order chi connectivity index (χ0) is 14.8. The minimum Gasteiger partial charge on any atom is -0.367 e. The van der Waals surface area contributed by atoms with Gasteiger partial charge in [-0.1, -0.05) is 19.8 Å². The van der Waals surface area contributed by atoms with Gasteiger partial charge in [-0.3, -0.25) is 0 Å². The fourth-order valence-corrected chi connectivity index (χ4v) is 4.49. The molecule has 21 heavy (non-hydrogen) atoms. The predicted molar refractivity (Wildman–Crippen MR) is 91.2 cm³/mol. The van der Waals surface area contributed by atoms with Gasteiger partial charge in [0.1, 0.15) is 17.0 Å². The largest absolute Gasteiger partial charge is 0.367 e. The first-order valence-corrected chi connectivity index (χ1v) is 8.98. The van der Waals surface area contributed by atoms with Crippen LogP contribution in [-0.4, -0.2) is 16.0 Å². The van der Waals surface area contributed by atoms with Crippen LogP contribution in [0.5, 0.6) is 0 Å². The molecule has 3 rings (SSSR count). The van der Waals surface area contributed by atoms with Gasteiger partial charge in [-0.15, -0.1) is 11.3 Å². The van der Waals surface area contributed by atoms with Crippen LogP contribution in [0.15, 0.2) is 6.33 Å². The van der Waals surface area contributed by atoms with Gasteiger partial charge in [0.05, 0.1) is 5.39 Å². The molecule has 0 spiro atoms. The third-order valence-electron chi connectivity index (χ3n) is 4.85. The van der Waals surface area contributed by atoms with E-state index < -0.39 is 0 Å². The molecular formula is C17H25N3S. The highest BCUT2D eigenvalue weighted by Crippen LogP contribution is 2.34. The van der Waals surface area contributed by atoms with Crippen LogP contribution in [-0.2, 0) is 0 Å². The summed E-state index contributed by atoms with van der Waals surface area (Å²) in [6.45, 7) is 6.64. The summed E-state index contributed by atoms with van der Waals surface area (Å²) in [6.07, 6.45) is 9.69. The van der Waals surface area contributed by atoms with E-state index >= 15 is 0 Å². The molecule has 2 aromatic rings. The zero-order valence-corrected chi connectivity index (χ0v) is 14.1. The quantitative estimate of drug-likeness (QED) is 0.856. The van der Waals surface area contributed by atoms with Gasteiger partial charge >= 0.3 is 0 Å². The summed E-state index contributed by atoms with van der Waals surface area (Å²) >= 11 is 1.77. The van der Waals surface area contributed by atoms with Crippen LogP contribution < -0.4 is 5.32 Å². The molecule has 0 amide bonds. The number of aromatic nitrogens is 2. The van der Waals surface area contributed by atoms with Crippen LogP contribution in [0.25, 0.3) is 10.2 Å². The van der Waals surface area contributed by atoms with Crippen LogP contribution in [0.1, 0.15) is 55.9 Å². The molecule has 1 saturated carbocycles. The standard InChI is InChI=1S/C17H25N3S/c1-4-5-13-6-8-14(9-7-13)20-16-15-11(2)12(3)21-17(15)19-10-18-16/h10,13-14H,4-9H2,1-3H3,(H,18,19,20). The summed E-state index contributed by atoms with van der Waals surface area (Å²) in [5.74, 6) is 1.99. The molecule has 4 heteroatoms. The Morgan fingerprint density at radius 1 is 1.19 bits per heavy atom. The van der Waals surface area contributed by atoms with Gasteiger partial charge in [0.2, 0.25) is 0 Å². The fourth-order valence-electron chi connectivity index (χ4n) is 3.49. The van der Waals surface area contributed by atoms with E-state index in [2.05, 4.69) is 36.1 Å². The second kappa shape index (κ2) is 6.30. The molecule has 0 radical (unpaired) electrons.